The van der Waals surface area contributed by atoms with E-state index < -0.39 is 12.2 Å². The second-order valence-corrected chi connectivity index (χ2v) is 12.8. The van der Waals surface area contributed by atoms with Crippen LogP contribution in [-0.4, -0.2) is 40.9 Å². The second-order valence-electron chi connectivity index (χ2n) is 12.8. The molecule has 5 fully saturated rings. The third kappa shape index (κ3) is 2.74. The number of hydrogen-bond acceptors (Lipinski definition) is 4. The van der Waals surface area contributed by atoms with Crippen LogP contribution in [0.15, 0.2) is 11.6 Å². The molecule has 0 unspecified atom stereocenters. The van der Waals surface area contributed by atoms with E-state index in [1.807, 2.05) is 0 Å². The number of rotatable bonds is 0. The number of ether oxygens (including phenoxy) is 2. The van der Waals surface area contributed by atoms with Crippen LogP contribution in [-0.2, 0) is 9.47 Å². The molecule has 174 valence electrons. The summed E-state index contributed by atoms with van der Waals surface area (Å²) in [6.45, 7) is 10.5. The van der Waals surface area contributed by atoms with Gasteiger partial charge in [-0.1, -0.05) is 39.3 Å². The van der Waals surface area contributed by atoms with Crippen LogP contribution < -0.4 is 0 Å². The van der Waals surface area contributed by atoms with Crippen molar-refractivity contribution in [3.05, 3.63) is 11.6 Å². The van der Waals surface area contributed by atoms with Crippen molar-refractivity contribution in [1.29, 1.82) is 0 Å². The Hall–Kier alpha value is -0.420. The average Bonchev–Trinajstić information content (AvgIpc) is 3.16. The molecule has 2 aliphatic heterocycles. The first-order chi connectivity index (χ1) is 14.7. The quantitative estimate of drug-likeness (QED) is 0.548. The van der Waals surface area contributed by atoms with E-state index in [2.05, 4.69) is 33.8 Å². The minimum Gasteiger partial charge on any atom is -0.390 e. The summed E-state index contributed by atoms with van der Waals surface area (Å²) >= 11 is 0. The first kappa shape index (κ1) is 21.1. The fourth-order valence-electron chi connectivity index (χ4n) is 9.71. The predicted octanol–water partition coefficient (Wildman–Crippen LogP) is 4.68. The third-order valence-electron chi connectivity index (χ3n) is 11.4. The molecule has 31 heavy (non-hydrogen) atoms. The molecule has 0 amide bonds. The smallest absolute Gasteiger partial charge is 0.171 e. The van der Waals surface area contributed by atoms with E-state index in [0.717, 1.165) is 25.9 Å². The van der Waals surface area contributed by atoms with Crippen LogP contribution in [0.4, 0.5) is 0 Å². The molecular formula is C27H42O4. The maximum absolute atomic E-state index is 10.5. The summed E-state index contributed by atoms with van der Waals surface area (Å²) in [5.74, 6) is 3.39. The Kier molecular flexibility index (Phi) is 4.64. The van der Waals surface area contributed by atoms with Gasteiger partial charge in [-0.2, -0.15) is 0 Å². The second kappa shape index (κ2) is 6.81. The van der Waals surface area contributed by atoms with E-state index >= 15 is 0 Å². The van der Waals surface area contributed by atoms with Crippen molar-refractivity contribution in [2.75, 3.05) is 6.61 Å². The summed E-state index contributed by atoms with van der Waals surface area (Å²) in [4.78, 5) is 0. The van der Waals surface area contributed by atoms with Crippen LogP contribution in [0, 0.1) is 46.3 Å². The lowest BCUT2D eigenvalue weighted by Gasteiger charge is -2.59. The predicted molar refractivity (Wildman–Crippen MR) is 119 cm³/mol. The molecule has 2 saturated heterocycles. The van der Waals surface area contributed by atoms with Crippen molar-refractivity contribution in [2.45, 2.75) is 103 Å². The van der Waals surface area contributed by atoms with Gasteiger partial charge in [0.15, 0.2) is 5.79 Å². The Labute approximate surface area is 187 Å². The molecule has 6 aliphatic rings. The van der Waals surface area contributed by atoms with Gasteiger partial charge in [0.25, 0.3) is 0 Å². The van der Waals surface area contributed by atoms with Crippen LogP contribution in [0.25, 0.3) is 0 Å². The van der Waals surface area contributed by atoms with Crippen LogP contribution in [0.3, 0.4) is 0 Å². The lowest BCUT2D eigenvalue weighted by Crippen LogP contribution is -2.54. The van der Waals surface area contributed by atoms with E-state index in [4.69, 9.17) is 9.47 Å². The summed E-state index contributed by atoms with van der Waals surface area (Å²) in [6.07, 6.45) is 10.1. The van der Waals surface area contributed by atoms with Crippen LogP contribution in [0.1, 0.15) is 79.1 Å². The van der Waals surface area contributed by atoms with Gasteiger partial charge >= 0.3 is 0 Å². The molecule has 6 rings (SSSR count). The topological polar surface area (TPSA) is 58.9 Å². The van der Waals surface area contributed by atoms with Gasteiger partial charge in [-0.05, 0) is 85.4 Å². The van der Waals surface area contributed by atoms with Crippen molar-refractivity contribution in [1.82, 2.24) is 0 Å². The number of aliphatic hydroxyl groups excluding tert-OH is 2. The van der Waals surface area contributed by atoms with Crippen molar-refractivity contribution < 1.29 is 19.7 Å². The summed E-state index contributed by atoms with van der Waals surface area (Å²) in [5, 5.41) is 20.8. The zero-order chi connectivity index (χ0) is 21.8. The highest BCUT2D eigenvalue weighted by atomic mass is 16.7. The van der Waals surface area contributed by atoms with E-state index in [1.165, 1.54) is 31.3 Å². The summed E-state index contributed by atoms with van der Waals surface area (Å²) < 4.78 is 13.3. The highest BCUT2D eigenvalue weighted by Gasteiger charge is 2.68. The molecule has 4 heteroatoms. The molecule has 0 aromatic heterocycles. The standard InChI is InChI=1S/C27H42O4/c1-15-7-10-27(30-14-15)16(2)24-23(31-27)12-20-18-6-5-17-11-21(28)22(29)13-26(17,4)19(18)8-9-25(20,24)3/h5,15-16,18-24,28-29H,6-14H2,1-4H3/t15-,16-,18+,19-,20-,21-,22+,23-,24-,25+,26+,27-/m1/s1. The first-order valence-corrected chi connectivity index (χ1v) is 13.1. The molecular weight excluding hydrogens is 388 g/mol. The number of aliphatic hydroxyl groups is 2. The van der Waals surface area contributed by atoms with Gasteiger partial charge in [-0.15, -0.1) is 0 Å². The van der Waals surface area contributed by atoms with E-state index in [0.29, 0.717) is 53.4 Å². The van der Waals surface area contributed by atoms with Gasteiger partial charge in [-0.3, -0.25) is 0 Å². The van der Waals surface area contributed by atoms with Crippen LogP contribution >= 0.6 is 0 Å². The first-order valence-electron chi connectivity index (χ1n) is 13.1. The van der Waals surface area contributed by atoms with Gasteiger partial charge in [0.2, 0.25) is 0 Å². The number of allylic oxidation sites excluding steroid dienone is 1. The maximum atomic E-state index is 10.5. The molecule has 4 nitrogen and oxygen atoms in total. The molecule has 0 bridgehead atoms. The van der Waals surface area contributed by atoms with Gasteiger partial charge < -0.3 is 19.7 Å². The fourth-order valence-corrected chi connectivity index (χ4v) is 9.71. The average molecular weight is 431 g/mol. The Morgan fingerprint density at radius 1 is 1.03 bits per heavy atom. The molecule has 4 aliphatic carbocycles. The maximum Gasteiger partial charge on any atom is 0.171 e. The Morgan fingerprint density at radius 3 is 2.58 bits per heavy atom. The van der Waals surface area contributed by atoms with Gasteiger partial charge in [0, 0.05) is 12.3 Å². The highest BCUT2D eigenvalue weighted by Crippen LogP contribution is 2.70. The van der Waals surface area contributed by atoms with Gasteiger partial charge in [0.1, 0.15) is 0 Å². The molecule has 3 saturated carbocycles. The number of fused-ring (bicyclic) bond motifs is 7. The molecule has 0 aromatic carbocycles. The molecule has 2 N–H and O–H groups in total. The summed E-state index contributed by atoms with van der Waals surface area (Å²) in [6, 6.07) is 0. The molecule has 0 aromatic rings. The molecule has 2 heterocycles. The summed E-state index contributed by atoms with van der Waals surface area (Å²) in [7, 11) is 0. The zero-order valence-electron chi connectivity index (χ0n) is 19.8. The van der Waals surface area contributed by atoms with Crippen molar-refractivity contribution in [2.24, 2.45) is 46.3 Å². The third-order valence-corrected chi connectivity index (χ3v) is 11.4. The minimum atomic E-state index is -0.584. The minimum absolute atomic E-state index is 0.0525. The van der Waals surface area contributed by atoms with Crippen molar-refractivity contribution >= 4 is 0 Å². The number of hydrogen-bond donors (Lipinski definition) is 2. The Balaban J connectivity index is 1.28. The van der Waals surface area contributed by atoms with Gasteiger partial charge in [0.05, 0.1) is 24.9 Å². The zero-order valence-corrected chi connectivity index (χ0v) is 19.8. The monoisotopic (exact) mass is 430 g/mol. The Morgan fingerprint density at radius 2 is 1.84 bits per heavy atom. The van der Waals surface area contributed by atoms with Crippen molar-refractivity contribution in [3.8, 4) is 0 Å². The van der Waals surface area contributed by atoms with E-state index in [-0.39, 0.29) is 11.2 Å². The largest absolute Gasteiger partial charge is 0.390 e. The fraction of sp³-hybridized carbons (Fsp3) is 0.926. The van der Waals surface area contributed by atoms with E-state index in [9.17, 15) is 10.2 Å². The van der Waals surface area contributed by atoms with Crippen LogP contribution in [0.2, 0.25) is 0 Å². The molecule has 12 atom stereocenters. The normalized spacial score (nSPS) is 60.7. The SMILES string of the molecule is C[C@@H]1CC[C@@]2(OC1)O[C@@H]1C[C@@H]3[C@H]4CC=C5C[C@@H](O)[C@@H](O)C[C@]5(C)[C@@H]4CC[C@]3(C)[C@@H]1[C@H]2C. The molecule has 1 spiro atoms. The van der Waals surface area contributed by atoms with E-state index in [1.54, 1.807) is 0 Å². The van der Waals surface area contributed by atoms with Crippen LogP contribution in [0.5, 0.6) is 0 Å². The Bertz CT molecular complexity index is 769. The van der Waals surface area contributed by atoms with Gasteiger partial charge in [-0.25, -0.2) is 0 Å². The highest BCUT2D eigenvalue weighted by molar-refractivity contribution is 5.27. The lowest BCUT2D eigenvalue weighted by atomic mass is 9.46. The molecule has 0 radical (unpaired) electrons. The lowest BCUT2D eigenvalue weighted by molar-refractivity contribution is -0.272. The van der Waals surface area contributed by atoms with Crippen molar-refractivity contribution in [3.63, 3.8) is 0 Å². The summed E-state index contributed by atoms with van der Waals surface area (Å²) in [5.41, 5.74) is 1.80.